The van der Waals surface area contributed by atoms with E-state index >= 15 is 0 Å². The number of ether oxygens (including phenoxy) is 2. The van der Waals surface area contributed by atoms with Crippen LogP contribution in [0.3, 0.4) is 0 Å². The maximum Gasteiger partial charge on any atom is 0.344 e. The molecule has 0 radical (unpaired) electrons. The molecule has 1 aliphatic heterocycles. The van der Waals surface area contributed by atoms with Crippen LogP contribution in [0.25, 0.3) is 0 Å². The lowest BCUT2D eigenvalue weighted by molar-refractivity contribution is -0.155. The highest BCUT2D eigenvalue weighted by Crippen LogP contribution is 2.21. The summed E-state index contributed by atoms with van der Waals surface area (Å²) in [5.41, 5.74) is 1.91. The Kier molecular flexibility index (Phi) is 7.50. The summed E-state index contributed by atoms with van der Waals surface area (Å²) in [7, 11) is 0. The minimum absolute atomic E-state index is 0.124. The van der Waals surface area contributed by atoms with E-state index in [0.29, 0.717) is 5.75 Å². The number of esters is 1. The van der Waals surface area contributed by atoms with Crippen molar-refractivity contribution in [1.82, 2.24) is 4.90 Å². The number of carbonyl (C=O) groups is 2. The lowest BCUT2D eigenvalue weighted by atomic mass is 10.00. The lowest BCUT2D eigenvalue weighted by Gasteiger charge is -2.35. The molecule has 1 saturated heterocycles. The van der Waals surface area contributed by atoms with Crippen LogP contribution in [0.4, 0.5) is 11.4 Å². The van der Waals surface area contributed by atoms with Crippen LogP contribution in [0.2, 0.25) is 0 Å². The Hall–Kier alpha value is -3.02. The summed E-state index contributed by atoms with van der Waals surface area (Å²) in [4.78, 5) is 26.1. The zero-order valence-electron chi connectivity index (χ0n) is 16.8. The van der Waals surface area contributed by atoms with E-state index in [2.05, 4.69) is 12.2 Å². The van der Waals surface area contributed by atoms with Gasteiger partial charge in [-0.05, 0) is 62.1 Å². The van der Waals surface area contributed by atoms with Crippen molar-refractivity contribution in [1.29, 1.82) is 0 Å². The molecule has 6 heteroatoms. The first-order valence-corrected chi connectivity index (χ1v) is 10.2. The number of hydrogen-bond donors (Lipinski definition) is 1. The van der Waals surface area contributed by atoms with Crippen molar-refractivity contribution in [3.05, 3.63) is 54.6 Å². The number of nitrogens with zero attached hydrogens (tertiary/aromatic N) is 1. The third-order valence-corrected chi connectivity index (χ3v) is 5.05. The van der Waals surface area contributed by atoms with Gasteiger partial charge >= 0.3 is 5.97 Å². The predicted octanol–water partition coefficient (Wildman–Crippen LogP) is 4.14. The van der Waals surface area contributed by atoms with Crippen molar-refractivity contribution in [3.63, 3.8) is 0 Å². The number of benzene rings is 2. The number of carbonyl (C=O) groups excluding carboxylic acids is 2. The number of piperidine rings is 1. The van der Waals surface area contributed by atoms with Gasteiger partial charge in [0.15, 0.2) is 13.2 Å². The molecule has 0 aromatic heterocycles. The molecule has 3 rings (SSSR count). The van der Waals surface area contributed by atoms with Gasteiger partial charge in [0.1, 0.15) is 5.75 Å². The molecule has 0 aliphatic carbocycles. The largest absolute Gasteiger partial charge is 0.482 e. The molecule has 0 unspecified atom stereocenters. The van der Waals surface area contributed by atoms with E-state index in [9.17, 15) is 9.59 Å². The van der Waals surface area contributed by atoms with E-state index in [1.807, 2.05) is 47.4 Å². The number of hydrogen-bond acceptors (Lipinski definition) is 5. The first kappa shape index (κ1) is 20.7. The van der Waals surface area contributed by atoms with Crippen LogP contribution in [0, 0.1) is 0 Å². The van der Waals surface area contributed by atoms with Crippen LogP contribution in [-0.4, -0.2) is 42.6 Å². The highest BCUT2D eigenvalue weighted by Gasteiger charge is 2.25. The molecule has 1 heterocycles. The summed E-state index contributed by atoms with van der Waals surface area (Å²) in [5.74, 6) is -0.106. The summed E-state index contributed by atoms with van der Waals surface area (Å²) in [6.45, 7) is 2.38. The summed E-state index contributed by atoms with van der Waals surface area (Å²) in [5, 5.41) is 3.28. The maximum absolute atomic E-state index is 12.3. The predicted molar refractivity (Wildman–Crippen MR) is 112 cm³/mol. The average molecular weight is 396 g/mol. The number of rotatable bonds is 8. The van der Waals surface area contributed by atoms with Crippen molar-refractivity contribution in [3.8, 4) is 5.75 Å². The van der Waals surface area contributed by atoms with E-state index < -0.39 is 5.97 Å². The van der Waals surface area contributed by atoms with E-state index in [1.165, 1.54) is 0 Å². The Labute approximate surface area is 171 Å². The monoisotopic (exact) mass is 396 g/mol. The zero-order valence-corrected chi connectivity index (χ0v) is 16.8. The molecule has 6 nitrogen and oxygen atoms in total. The molecule has 1 fully saturated rings. The van der Waals surface area contributed by atoms with Crippen molar-refractivity contribution in [2.75, 3.05) is 25.1 Å². The first-order valence-electron chi connectivity index (χ1n) is 10.2. The second kappa shape index (κ2) is 10.5. The number of amides is 1. The molecular weight excluding hydrogens is 368 g/mol. The molecular formula is C23H28N2O4. The molecule has 2 aromatic carbocycles. The average Bonchev–Trinajstić information content (AvgIpc) is 2.77. The maximum atomic E-state index is 12.3. The molecule has 0 saturated carbocycles. The molecule has 1 aliphatic rings. The summed E-state index contributed by atoms with van der Waals surface area (Å²) < 4.78 is 10.6. The highest BCUT2D eigenvalue weighted by atomic mass is 16.6. The SMILES string of the molecule is CC[C@H]1CCCCN1C(=O)COC(=O)COc1ccc(Nc2ccccc2)cc1. The fourth-order valence-electron chi connectivity index (χ4n) is 3.49. The van der Waals surface area contributed by atoms with Gasteiger partial charge in [0.2, 0.25) is 0 Å². The number of anilines is 2. The number of likely N-dealkylation sites (tertiary alicyclic amines) is 1. The number of para-hydroxylation sites is 1. The van der Waals surface area contributed by atoms with Gasteiger partial charge in [0.05, 0.1) is 0 Å². The van der Waals surface area contributed by atoms with Crippen molar-refractivity contribution < 1.29 is 19.1 Å². The molecule has 29 heavy (non-hydrogen) atoms. The second-order valence-corrected chi connectivity index (χ2v) is 7.11. The fourth-order valence-corrected chi connectivity index (χ4v) is 3.49. The molecule has 0 spiro atoms. The van der Waals surface area contributed by atoms with Gasteiger partial charge in [0.25, 0.3) is 5.91 Å². The quantitative estimate of drug-likeness (QED) is 0.679. The van der Waals surface area contributed by atoms with Gasteiger partial charge in [-0.3, -0.25) is 4.79 Å². The summed E-state index contributed by atoms with van der Waals surface area (Å²) >= 11 is 0. The Bertz CT molecular complexity index is 792. The third-order valence-electron chi connectivity index (χ3n) is 5.05. The number of nitrogens with one attached hydrogen (secondary N) is 1. The topological polar surface area (TPSA) is 67.9 Å². The Morgan fingerprint density at radius 3 is 2.45 bits per heavy atom. The van der Waals surface area contributed by atoms with Gasteiger partial charge in [-0.15, -0.1) is 0 Å². The zero-order chi connectivity index (χ0) is 20.5. The minimum atomic E-state index is -0.546. The summed E-state index contributed by atoms with van der Waals surface area (Å²) in [6.07, 6.45) is 4.11. The van der Waals surface area contributed by atoms with Gasteiger partial charge in [-0.25, -0.2) is 4.79 Å². The normalized spacial score (nSPS) is 16.2. The van der Waals surface area contributed by atoms with Crippen molar-refractivity contribution in [2.45, 2.75) is 38.6 Å². The standard InChI is InChI=1S/C23H28N2O4/c1-2-20-10-6-7-15-25(20)22(26)16-29-23(27)17-28-21-13-11-19(12-14-21)24-18-8-4-3-5-9-18/h3-5,8-9,11-14,20,24H,2,6-7,10,15-17H2,1H3/t20-/m0/s1. The van der Waals surface area contributed by atoms with Crippen LogP contribution < -0.4 is 10.1 Å². The Morgan fingerprint density at radius 2 is 1.72 bits per heavy atom. The Balaban J connectivity index is 1.40. The molecule has 0 bridgehead atoms. The van der Waals surface area contributed by atoms with E-state index in [1.54, 1.807) is 12.1 Å². The molecule has 1 N–H and O–H groups in total. The molecule has 1 atom stereocenters. The van der Waals surface area contributed by atoms with E-state index in [0.717, 1.165) is 43.6 Å². The fraction of sp³-hybridized carbons (Fsp3) is 0.391. The molecule has 154 valence electrons. The summed E-state index contributed by atoms with van der Waals surface area (Å²) in [6, 6.07) is 17.4. The molecule has 2 aromatic rings. The van der Waals surface area contributed by atoms with Crippen LogP contribution in [0.15, 0.2) is 54.6 Å². The Morgan fingerprint density at radius 1 is 1.00 bits per heavy atom. The molecule has 1 amide bonds. The van der Waals surface area contributed by atoms with Crippen molar-refractivity contribution in [2.24, 2.45) is 0 Å². The van der Waals surface area contributed by atoms with Gasteiger partial charge < -0.3 is 19.7 Å². The van der Waals surface area contributed by atoms with Crippen molar-refractivity contribution >= 4 is 23.3 Å². The smallest absolute Gasteiger partial charge is 0.344 e. The van der Waals surface area contributed by atoms with E-state index in [4.69, 9.17) is 9.47 Å². The second-order valence-electron chi connectivity index (χ2n) is 7.11. The van der Waals surface area contributed by atoms with Gasteiger partial charge in [-0.2, -0.15) is 0 Å². The minimum Gasteiger partial charge on any atom is -0.482 e. The highest BCUT2D eigenvalue weighted by molar-refractivity contribution is 5.81. The van der Waals surface area contributed by atoms with Crippen LogP contribution >= 0.6 is 0 Å². The van der Waals surface area contributed by atoms with E-state index in [-0.39, 0.29) is 25.2 Å². The van der Waals surface area contributed by atoms with Gasteiger partial charge in [0, 0.05) is 24.0 Å². The van der Waals surface area contributed by atoms with Crippen LogP contribution in [0.1, 0.15) is 32.6 Å². The van der Waals surface area contributed by atoms with Crippen LogP contribution in [-0.2, 0) is 14.3 Å². The first-order chi connectivity index (χ1) is 14.2. The van der Waals surface area contributed by atoms with Crippen LogP contribution in [0.5, 0.6) is 5.75 Å². The lowest BCUT2D eigenvalue weighted by Crippen LogP contribution is -2.45. The van der Waals surface area contributed by atoms with Gasteiger partial charge in [-0.1, -0.05) is 25.1 Å². The third kappa shape index (κ3) is 6.24.